The zero-order chi connectivity index (χ0) is 26.5. The lowest BCUT2D eigenvalue weighted by molar-refractivity contribution is -0.140. The highest BCUT2D eigenvalue weighted by atomic mass is 32.2. The number of amides is 3. The molecule has 1 unspecified atom stereocenters. The Hall–Kier alpha value is -3.40. The molecule has 0 bridgehead atoms. The van der Waals surface area contributed by atoms with E-state index in [4.69, 9.17) is 4.74 Å². The summed E-state index contributed by atoms with van der Waals surface area (Å²) in [6.45, 7) is 6.21. The minimum Gasteiger partial charge on any atom is -0.497 e. The zero-order valence-corrected chi connectivity index (χ0v) is 21.9. The Morgan fingerprint density at radius 3 is 2.33 bits per heavy atom. The molecule has 0 radical (unpaired) electrons. The van der Waals surface area contributed by atoms with Gasteiger partial charge >= 0.3 is 0 Å². The van der Waals surface area contributed by atoms with Crippen molar-refractivity contribution < 1.29 is 27.5 Å². The van der Waals surface area contributed by atoms with Crippen LogP contribution in [0, 0.1) is 5.92 Å². The highest BCUT2D eigenvalue weighted by Gasteiger charge is 2.40. The molecule has 9 nitrogen and oxygen atoms in total. The first-order chi connectivity index (χ1) is 17.1. The Balaban J connectivity index is 1.70. The van der Waals surface area contributed by atoms with E-state index in [2.05, 4.69) is 5.32 Å². The highest BCUT2D eigenvalue weighted by molar-refractivity contribution is 7.90. The molecule has 1 atom stereocenters. The average molecular weight is 516 g/mol. The lowest BCUT2D eigenvalue weighted by atomic mass is 10.1. The summed E-state index contributed by atoms with van der Waals surface area (Å²) in [7, 11) is -2.37. The molecule has 1 N–H and O–H groups in total. The van der Waals surface area contributed by atoms with Crippen LogP contribution in [0.15, 0.2) is 53.4 Å². The first-order valence-electron chi connectivity index (χ1n) is 11.9. The molecular formula is C26H33N3O6S. The third-order valence-corrected chi connectivity index (χ3v) is 7.87. The van der Waals surface area contributed by atoms with Crippen molar-refractivity contribution in [3.63, 3.8) is 0 Å². The number of nitrogens with one attached hydrogen (secondary N) is 1. The molecule has 3 rings (SSSR count). The van der Waals surface area contributed by atoms with Gasteiger partial charge in [0, 0.05) is 26.1 Å². The molecule has 0 fully saturated rings. The molecule has 10 heteroatoms. The van der Waals surface area contributed by atoms with E-state index >= 15 is 0 Å². The molecule has 0 saturated carbocycles. The smallest absolute Gasteiger partial charge is 0.269 e. The SMILES string of the molecule is COc1ccc(CN(C(=O)CCCN2C(=O)c3ccccc3S2(=O)=O)C(C)C(=O)NCC(C)C)cc1. The first kappa shape index (κ1) is 27.2. The third kappa shape index (κ3) is 6.04. The van der Waals surface area contributed by atoms with Crippen LogP contribution in [-0.4, -0.2) is 61.6 Å². The van der Waals surface area contributed by atoms with Crippen LogP contribution in [0.1, 0.15) is 49.5 Å². The summed E-state index contributed by atoms with van der Waals surface area (Å²) in [5.41, 5.74) is 0.959. The summed E-state index contributed by atoms with van der Waals surface area (Å²) in [6, 6.07) is 12.5. The van der Waals surface area contributed by atoms with Crippen molar-refractivity contribution in [2.75, 3.05) is 20.2 Å². The summed E-state index contributed by atoms with van der Waals surface area (Å²) in [5, 5.41) is 2.86. The van der Waals surface area contributed by atoms with Gasteiger partial charge in [0.15, 0.2) is 0 Å². The van der Waals surface area contributed by atoms with Crippen LogP contribution < -0.4 is 10.1 Å². The monoisotopic (exact) mass is 515 g/mol. The van der Waals surface area contributed by atoms with E-state index in [1.807, 2.05) is 26.0 Å². The second-order valence-corrected chi connectivity index (χ2v) is 11.0. The Kier molecular flexibility index (Phi) is 8.73. The lowest BCUT2D eigenvalue weighted by Crippen LogP contribution is -2.48. The van der Waals surface area contributed by atoms with Gasteiger partial charge in [-0.1, -0.05) is 38.1 Å². The van der Waals surface area contributed by atoms with Gasteiger partial charge in [-0.2, -0.15) is 0 Å². The van der Waals surface area contributed by atoms with Gasteiger partial charge in [0.1, 0.15) is 16.7 Å². The van der Waals surface area contributed by atoms with Gasteiger partial charge in [-0.3, -0.25) is 14.4 Å². The molecule has 0 spiro atoms. The van der Waals surface area contributed by atoms with E-state index in [0.29, 0.717) is 12.3 Å². The number of ether oxygens (including phenoxy) is 1. The average Bonchev–Trinajstić information content (AvgIpc) is 3.06. The number of hydrogen-bond acceptors (Lipinski definition) is 6. The molecule has 0 saturated heterocycles. The van der Waals surface area contributed by atoms with Gasteiger partial charge in [-0.15, -0.1) is 0 Å². The summed E-state index contributed by atoms with van der Waals surface area (Å²) in [6.07, 6.45) is 0.116. The molecule has 0 aliphatic carbocycles. The Labute approximate surface area is 212 Å². The van der Waals surface area contributed by atoms with E-state index in [0.717, 1.165) is 9.87 Å². The second-order valence-electron chi connectivity index (χ2n) is 9.17. The van der Waals surface area contributed by atoms with Crippen molar-refractivity contribution >= 4 is 27.7 Å². The highest BCUT2D eigenvalue weighted by Crippen LogP contribution is 2.30. The predicted molar refractivity (Wildman–Crippen MR) is 135 cm³/mol. The van der Waals surface area contributed by atoms with Gasteiger partial charge in [-0.25, -0.2) is 12.7 Å². The largest absolute Gasteiger partial charge is 0.497 e. The molecule has 2 aromatic carbocycles. The summed E-state index contributed by atoms with van der Waals surface area (Å²) >= 11 is 0. The molecule has 1 heterocycles. The van der Waals surface area contributed by atoms with Gasteiger partial charge in [-0.05, 0) is 49.1 Å². The number of nitrogens with zero attached hydrogens (tertiary/aromatic N) is 2. The van der Waals surface area contributed by atoms with Crippen molar-refractivity contribution in [1.82, 2.24) is 14.5 Å². The number of benzene rings is 2. The van der Waals surface area contributed by atoms with Crippen LogP contribution in [0.4, 0.5) is 0 Å². The standard InChI is InChI=1S/C26H33N3O6S/c1-18(2)16-27-25(31)19(3)28(17-20-11-13-21(35-4)14-12-20)24(30)10-7-15-29-26(32)22-8-5-6-9-23(22)36(29,33)34/h5-6,8-9,11-14,18-19H,7,10,15-17H2,1-4H3,(H,27,31). The van der Waals surface area contributed by atoms with Crippen LogP contribution in [0.3, 0.4) is 0 Å². The maximum absolute atomic E-state index is 13.3. The van der Waals surface area contributed by atoms with E-state index in [1.165, 1.54) is 17.0 Å². The predicted octanol–water partition coefficient (Wildman–Crippen LogP) is 2.81. The number of methoxy groups -OCH3 is 1. The zero-order valence-electron chi connectivity index (χ0n) is 21.1. The Bertz CT molecular complexity index is 1210. The molecule has 1 aliphatic rings. The van der Waals surface area contributed by atoms with Crippen LogP contribution >= 0.6 is 0 Å². The van der Waals surface area contributed by atoms with Crippen LogP contribution in [0.25, 0.3) is 0 Å². The number of rotatable bonds is 11. The molecule has 194 valence electrons. The van der Waals surface area contributed by atoms with Crippen LogP contribution in [-0.2, 0) is 26.2 Å². The molecule has 3 amide bonds. The van der Waals surface area contributed by atoms with E-state index in [-0.39, 0.29) is 54.1 Å². The Morgan fingerprint density at radius 1 is 1.06 bits per heavy atom. The second kappa shape index (κ2) is 11.6. The van der Waals surface area contributed by atoms with E-state index in [9.17, 15) is 22.8 Å². The van der Waals surface area contributed by atoms with Crippen molar-refractivity contribution in [2.24, 2.45) is 5.92 Å². The molecule has 2 aromatic rings. The van der Waals surface area contributed by atoms with E-state index in [1.54, 1.807) is 38.3 Å². The van der Waals surface area contributed by atoms with Crippen molar-refractivity contribution in [3.05, 3.63) is 59.7 Å². The third-order valence-electron chi connectivity index (χ3n) is 6.03. The summed E-state index contributed by atoms with van der Waals surface area (Å²) < 4.78 is 31.5. The van der Waals surface area contributed by atoms with Crippen molar-refractivity contribution in [1.29, 1.82) is 0 Å². The molecule has 36 heavy (non-hydrogen) atoms. The Morgan fingerprint density at radius 2 is 1.72 bits per heavy atom. The number of carbonyl (C=O) groups excluding carboxylic acids is 3. The van der Waals surface area contributed by atoms with Gasteiger partial charge in [0.05, 0.1) is 12.7 Å². The van der Waals surface area contributed by atoms with Crippen molar-refractivity contribution in [3.8, 4) is 5.75 Å². The molecule has 1 aliphatic heterocycles. The minimum atomic E-state index is -3.93. The topological polar surface area (TPSA) is 113 Å². The summed E-state index contributed by atoms with van der Waals surface area (Å²) in [4.78, 5) is 40.1. The van der Waals surface area contributed by atoms with Gasteiger partial charge in [0.25, 0.3) is 15.9 Å². The fourth-order valence-corrected chi connectivity index (χ4v) is 5.54. The van der Waals surface area contributed by atoms with Gasteiger partial charge < -0.3 is 15.0 Å². The van der Waals surface area contributed by atoms with Crippen molar-refractivity contribution in [2.45, 2.75) is 51.1 Å². The molecule has 0 aromatic heterocycles. The minimum absolute atomic E-state index is 0.0158. The number of hydrogen-bond donors (Lipinski definition) is 1. The fourth-order valence-electron chi connectivity index (χ4n) is 3.93. The quantitative estimate of drug-likeness (QED) is 0.492. The number of sulfonamides is 1. The van der Waals surface area contributed by atoms with Gasteiger partial charge in [0.2, 0.25) is 11.8 Å². The normalized spacial score (nSPS) is 14.9. The van der Waals surface area contributed by atoms with Crippen LogP contribution in [0.2, 0.25) is 0 Å². The van der Waals surface area contributed by atoms with E-state index < -0.39 is 22.0 Å². The maximum atomic E-state index is 13.3. The molecular weight excluding hydrogens is 482 g/mol. The number of fused-ring (bicyclic) bond motifs is 1. The fraction of sp³-hybridized carbons (Fsp3) is 0.423. The lowest BCUT2D eigenvalue weighted by Gasteiger charge is -2.29. The first-order valence-corrected chi connectivity index (χ1v) is 13.4. The maximum Gasteiger partial charge on any atom is 0.269 e. The number of carbonyl (C=O) groups is 3. The van der Waals surface area contributed by atoms with Crippen LogP contribution in [0.5, 0.6) is 5.75 Å². The summed E-state index contributed by atoms with van der Waals surface area (Å²) in [5.74, 6) is -0.222.